The Kier molecular flexibility index (Phi) is 2.91. The molecule has 0 aromatic carbocycles. The van der Waals surface area contributed by atoms with Crippen LogP contribution >= 0.6 is 0 Å². The lowest BCUT2D eigenvalue weighted by Crippen LogP contribution is -2.23. The van der Waals surface area contributed by atoms with Gasteiger partial charge in [-0.05, 0) is 6.42 Å². The summed E-state index contributed by atoms with van der Waals surface area (Å²) >= 11 is 0. The summed E-state index contributed by atoms with van der Waals surface area (Å²) in [6.45, 7) is 0. The first kappa shape index (κ1) is 8.84. The van der Waals surface area contributed by atoms with Crippen LogP contribution in [0.25, 0.3) is 0 Å². The number of aldehydes is 3. The van der Waals surface area contributed by atoms with E-state index in [1.807, 2.05) is 0 Å². The number of hydrogen-bond donors (Lipinski definition) is 0. The maximum absolute atomic E-state index is 10.5. The van der Waals surface area contributed by atoms with Gasteiger partial charge in [-0.3, -0.25) is 0 Å². The van der Waals surface area contributed by atoms with Crippen molar-refractivity contribution in [2.45, 2.75) is 6.42 Å². The van der Waals surface area contributed by atoms with E-state index < -0.39 is 0 Å². The predicted octanol–water partition coefficient (Wildman–Crippen LogP) is 0.392. The number of rotatable bonds is 3. The summed E-state index contributed by atoms with van der Waals surface area (Å²) in [7, 11) is 0. The molecule has 64 valence electrons. The van der Waals surface area contributed by atoms with Crippen LogP contribution in [0.2, 0.25) is 0 Å². The van der Waals surface area contributed by atoms with E-state index in [0.717, 1.165) is 18.9 Å². The molecule has 0 radical (unpaired) electrons. The number of carbonyl (C=O) groups excluding carboxylic acids is 3. The van der Waals surface area contributed by atoms with Crippen molar-refractivity contribution in [2.75, 3.05) is 0 Å². The van der Waals surface area contributed by atoms with Crippen molar-refractivity contribution < 1.29 is 14.4 Å². The van der Waals surface area contributed by atoms with Crippen molar-refractivity contribution >= 4 is 18.9 Å². The summed E-state index contributed by atoms with van der Waals surface area (Å²) in [6, 6.07) is 0. The zero-order valence-corrected chi connectivity index (χ0v) is 6.55. The van der Waals surface area contributed by atoms with Crippen molar-refractivity contribution in [1.29, 1.82) is 0 Å². The minimum atomic E-state index is -0.335. The monoisotopic (exact) mass is 166 g/mol. The molecule has 3 unspecified atom stereocenters. The molecule has 3 atom stereocenters. The van der Waals surface area contributed by atoms with Crippen molar-refractivity contribution in [3.63, 3.8) is 0 Å². The van der Waals surface area contributed by atoms with Gasteiger partial charge in [0.1, 0.15) is 18.9 Å². The van der Waals surface area contributed by atoms with Crippen LogP contribution in [0, 0.1) is 17.8 Å². The zero-order chi connectivity index (χ0) is 8.97. The molecule has 0 saturated heterocycles. The second kappa shape index (κ2) is 3.95. The van der Waals surface area contributed by atoms with Gasteiger partial charge in [0.05, 0.1) is 0 Å². The van der Waals surface area contributed by atoms with E-state index in [2.05, 4.69) is 0 Å². The van der Waals surface area contributed by atoms with Gasteiger partial charge in [-0.2, -0.15) is 0 Å². The van der Waals surface area contributed by atoms with Crippen molar-refractivity contribution in [2.24, 2.45) is 17.8 Å². The molecular weight excluding hydrogens is 156 g/mol. The Morgan fingerprint density at radius 3 is 2.25 bits per heavy atom. The Morgan fingerprint density at radius 2 is 1.75 bits per heavy atom. The molecule has 1 aliphatic carbocycles. The summed E-state index contributed by atoms with van der Waals surface area (Å²) in [6.07, 6.45) is 6.08. The quantitative estimate of drug-likeness (QED) is 0.450. The van der Waals surface area contributed by atoms with Gasteiger partial charge in [0.15, 0.2) is 0 Å². The van der Waals surface area contributed by atoms with Crippen LogP contribution in [0.3, 0.4) is 0 Å². The van der Waals surface area contributed by atoms with E-state index in [4.69, 9.17) is 0 Å². The Morgan fingerprint density at radius 1 is 1.00 bits per heavy atom. The highest BCUT2D eigenvalue weighted by atomic mass is 16.1. The van der Waals surface area contributed by atoms with Crippen LogP contribution in [0.4, 0.5) is 0 Å². The second-order valence-electron chi connectivity index (χ2n) is 2.93. The first-order valence-corrected chi connectivity index (χ1v) is 3.86. The van der Waals surface area contributed by atoms with Crippen molar-refractivity contribution in [3.05, 3.63) is 12.2 Å². The summed E-state index contributed by atoms with van der Waals surface area (Å²) < 4.78 is 0. The molecule has 3 heteroatoms. The molecule has 0 saturated carbocycles. The fourth-order valence-corrected chi connectivity index (χ4v) is 1.36. The topological polar surface area (TPSA) is 51.2 Å². The highest BCUT2D eigenvalue weighted by Crippen LogP contribution is 2.24. The van der Waals surface area contributed by atoms with Gasteiger partial charge in [0, 0.05) is 17.8 Å². The van der Waals surface area contributed by atoms with Crippen LogP contribution < -0.4 is 0 Å². The van der Waals surface area contributed by atoms with Crippen LogP contribution in [-0.4, -0.2) is 18.9 Å². The molecule has 3 nitrogen and oxygen atoms in total. The lowest BCUT2D eigenvalue weighted by molar-refractivity contribution is -0.119. The summed E-state index contributed by atoms with van der Waals surface area (Å²) in [4.78, 5) is 31.3. The lowest BCUT2D eigenvalue weighted by Gasteiger charge is -2.21. The average molecular weight is 166 g/mol. The fraction of sp³-hybridized carbons (Fsp3) is 0.444. The molecule has 0 spiro atoms. The van der Waals surface area contributed by atoms with Gasteiger partial charge in [-0.15, -0.1) is 0 Å². The van der Waals surface area contributed by atoms with E-state index in [1.165, 1.54) is 0 Å². The molecule has 0 aromatic rings. The maximum atomic E-state index is 10.5. The Hall–Kier alpha value is -1.25. The van der Waals surface area contributed by atoms with Crippen LogP contribution in [0.1, 0.15) is 6.42 Å². The van der Waals surface area contributed by atoms with Gasteiger partial charge < -0.3 is 14.4 Å². The summed E-state index contributed by atoms with van der Waals surface area (Å²) in [5, 5.41) is 0. The number of carbonyl (C=O) groups is 3. The van der Waals surface area contributed by atoms with Crippen molar-refractivity contribution in [3.8, 4) is 0 Å². The number of allylic oxidation sites excluding steroid dienone is 2. The standard InChI is InChI=1S/C9H10O3/c10-4-7-1-2-8(5-11)9(3-7)6-12/h1-2,4-9H,3H2. The first-order chi connectivity index (χ1) is 5.81. The SMILES string of the molecule is O=CC1C=CC(C=O)C(C=O)C1. The average Bonchev–Trinajstić information content (AvgIpc) is 2.16. The van der Waals surface area contributed by atoms with Gasteiger partial charge in [-0.1, -0.05) is 12.2 Å². The van der Waals surface area contributed by atoms with Gasteiger partial charge >= 0.3 is 0 Å². The van der Waals surface area contributed by atoms with E-state index in [0.29, 0.717) is 6.42 Å². The molecule has 0 heterocycles. The molecule has 0 aliphatic heterocycles. The molecular formula is C9H10O3. The molecule has 0 aromatic heterocycles. The van der Waals surface area contributed by atoms with Crippen LogP contribution in [0.15, 0.2) is 12.2 Å². The molecule has 0 bridgehead atoms. The molecule has 0 fully saturated rings. The van der Waals surface area contributed by atoms with Gasteiger partial charge in [0.25, 0.3) is 0 Å². The third-order valence-corrected chi connectivity index (χ3v) is 2.13. The zero-order valence-electron chi connectivity index (χ0n) is 6.55. The van der Waals surface area contributed by atoms with E-state index in [1.54, 1.807) is 12.2 Å². The predicted molar refractivity (Wildman–Crippen MR) is 42.4 cm³/mol. The Bertz CT molecular complexity index is 220. The van der Waals surface area contributed by atoms with E-state index in [9.17, 15) is 14.4 Å². The van der Waals surface area contributed by atoms with Gasteiger partial charge in [0.2, 0.25) is 0 Å². The van der Waals surface area contributed by atoms with Crippen LogP contribution in [-0.2, 0) is 14.4 Å². The third-order valence-electron chi connectivity index (χ3n) is 2.13. The molecule has 1 rings (SSSR count). The minimum absolute atomic E-state index is 0.198. The Labute approximate surface area is 70.4 Å². The fourth-order valence-electron chi connectivity index (χ4n) is 1.36. The summed E-state index contributed by atoms with van der Waals surface area (Å²) in [5.41, 5.74) is 0. The number of hydrogen-bond acceptors (Lipinski definition) is 3. The van der Waals surface area contributed by atoms with Crippen LogP contribution in [0.5, 0.6) is 0 Å². The lowest BCUT2D eigenvalue weighted by atomic mass is 9.81. The maximum Gasteiger partial charge on any atom is 0.127 e. The van der Waals surface area contributed by atoms with Crippen molar-refractivity contribution in [1.82, 2.24) is 0 Å². The largest absolute Gasteiger partial charge is 0.303 e. The third kappa shape index (κ3) is 1.67. The highest BCUT2D eigenvalue weighted by Gasteiger charge is 2.25. The summed E-state index contributed by atoms with van der Waals surface area (Å²) in [5.74, 6) is -0.849. The van der Waals surface area contributed by atoms with Gasteiger partial charge in [-0.25, -0.2) is 0 Å². The molecule has 0 amide bonds. The molecule has 1 aliphatic rings. The second-order valence-corrected chi connectivity index (χ2v) is 2.93. The smallest absolute Gasteiger partial charge is 0.127 e. The Balaban J connectivity index is 2.74. The van der Waals surface area contributed by atoms with E-state index in [-0.39, 0.29) is 17.8 Å². The van der Waals surface area contributed by atoms with E-state index >= 15 is 0 Å². The molecule has 0 N–H and O–H groups in total. The highest BCUT2D eigenvalue weighted by molar-refractivity contribution is 5.69. The normalized spacial score (nSPS) is 34.2. The molecule has 12 heavy (non-hydrogen) atoms. The minimum Gasteiger partial charge on any atom is -0.303 e. The first-order valence-electron chi connectivity index (χ1n) is 3.86.